The Labute approximate surface area is 173 Å². The van der Waals surface area contributed by atoms with Crippen LogP contribution in [-0.4, -0.2) is 54.2 Å². The molecule has 28 heavy (non-hydrogen) atoms. The van der Waals surface area contributed by atoms with Crippen LogP contribution in [0, 0.1) is 5.82 Å². The third-order valence-electron chi connectivity index (χ3n) is 4.47. The number of methoxy groups -OCH3 is 1. The van der Waals surface area contributed by atoms with E-state index in [-0.39, 0.29) is 10.8 Å². The maximum absolute atomic E-state index is 13.3. The lowest BCUT2D eigenvalue weighted by atomic mass is 10.3. The number of esters is 1. The van der Waals surface area contributed by atoms with Crippen LogP contribution in [0.15, 0.2) is 34.7 Å². The first-order valence-electron chi connectivity index (χ1n) is 8.86. The minimum atomic E-state index is -0.481. The van der Waals surface area contributed by atoms with Crippen molar-refractivity contribution in [3.8, 4) is 0 Å². The van der Waals surface area contributed by atoms with Crippen LogP contribution in [0.2, 0.25) is 5.02 Å². The summed E-state index contributed by atoms with van der Waals surface area (Å²) in [6.07, 6.45) is 0.927. The van der Waals surface area contributed by atoms with Crippen molar-refractivity contribution in [3.63, 3.8) is 0 Å². The van der Waals surface area contributed by atoms with Crippen molar-refractivity contribution >= 4 is 40.6 Å². The SMILES string of the molecule is COC(=O)c1ccc(CN2CCCN(C(=S)Nc3ccc(F)c(Cl)c3)CC2)o1. The van der Waals surface area contributed by atoms with Gasteiger partial charge in [0.05, 0.1) is 18.7 Å². The number of halogens is 2. The molecule has 1 aromatic carbocycles. The quantitative estimate of drug-likeness (QED) is 0.591. The highest BCUT2D eigenvalue weighted by atomic mass is 35.5. The lowest BCUT2D eigenvalue weighted by Crippen LogP contribution is -2.37. The van der Waals surface area contributed by atoms with Gasteiger partial charge in [0, 0.05) is 31.9 Å². The highest BCUT2D eigenvalue weighted by Crippen LogP contribution is 2.20. The van der Waals surface area contributed by atoms with E-state index in [9.17, 15) is 9.18 Å². The number of rotatable bonds is 4. The average molecular weight is 426 g/mol. The number of furan rings is 1. The second-order valence-electron chi connectivity index (χ2n) is 6.43. The summed E-state index contributed by atoms with van der Waals surface area (Å²) in [7, 11) is 1.32. The molecule has 0 amide bonds. The van der Waals surface area contributed by atoms with E-state index >= 15 is 0 Å². The number of benzene rings is 1. The molecule has 1 N–H and O–H groups in total. The van der Waals surface area contributed by atoms with Gasteiger partial charge in [-0.25, -0.2) is 9.18 Å². The number of nitrogens with one attached hydrogen (secondary N) is 1. The Kier molecular flexibility index (Phi) is 6.88. The molecule has 0 bridgehead atoms. The zero-order valence-electron chi connectivity index (χ0n) is 15.4. The smallest absolute Gasteiger partial charge is 0.373 e. The molecular formula is C19H21ClFN3O3S. The lowest BCUT2D eigenvalue weighted by Gasteiger charge is -2.24. The zero-order chi connectivity index (χ0) is 20.1. The van der Waals surface area contributed by atoms with Crippen LogP contribution >= 0.6 is 23.8 Å². The molecule has 0 atom stereocenters. The molecular weight excluding hydrogens is 405 g/mol. The molecule has 150 valence electrons. The number of ether oxygens (including phenoxy) is 1. The van der Waals surface area contributed by atoms with Gasteiger partial charge in [-0.3, -0.25) is 4.90 Å². The van der Waals surface area contributed by atoms with E-state index in [1.807, 2.05) is 0 Å². The highest BCUT2D eigenvalue weighted by molar-refractivity contribution is 7.80. The van der Waals surface area contributed by atoms with Crippen LogP contribution in [0.3, 0.4) is 0 Å². The Morgan fingerprint density at radius 3 is 2.86 bits per heavy atom. The van der Waals surface area contributed by atoms with E-state index in [0.29, 0.717) is 17.3 Å². The van der Waals surface area contributed by atoms with Gasteiger partial charge in [0.15, 0.2) is 5.11 Å². The van der Waals surface area contributed by atoms with Crippen LogP contribution in [-0.2, 0) is 11.3 Å². The van der Waals surface area contributed by atoms with E-state index in [1.165, 1.54) is 19.2 Å². The summed E-state index contributed by atoms with van der Waals surface area (Å²) >= 11 is 11.3. The number of hydrogen-bond donors (Lipinski definition) is 1. The van der Waals surface area contributed by atoms with Gasteiger partial charge >= 0.3 is 5.97 Å². The molecule has 1 saturated heterocycles. The Balaban J connectivity index is 1.54. The van der Waals surface area contributed by atoms with Gasteiger partial charge in [-0.05, 0) is 49.0 Å². The fourth-order valence-electron chi connectivity index (χ4n) is 3.00. The Morgan fingerprint density at radius 1 is 1.29 bits per heavy atom. The van der Waals surface area contributed by atoms with Crippen LogP contribution in [0.1, 0.15) is 22.7 Å². The average Bonchev–Trinajstić information content (AvgIpc) is 3.02. The summed E-state index contributed by atoms with van der Waals surface area (Å²) in [5.74, 6) is -0.0183. The monoisotopic (exact) mass is 425 g/mol. The molecule has 0 spiro atoms. The fourth-order valence-corrected chi connectivity index (χ4v) is 3.48. The first-order chi connectivity index (χ1) is 13.5. The summed E-state index contributed by atoms with van der Waals surface area (Å²) in [4.78, 5) is 15.8. The van der Waals surface area contributed by atoms with Crippen molar-refractivity contribution in [2.24, 2.45) is 0 Å². The molecule has 1 aliphatic heterocycles. The second-order valence-corrected chi connectivity index (χ2v) is 7.23. The summed E-state index contributed by atoms with van der Waals surface area (Å²) in [5, 5.41) is 3.75. The summed E-state index contributed by atoms with van der Waals surface area (Å²) in [5.41, 5.74) is 0.656. The van der Waals surface area contributed by atoms with Crippen molar-refractivity contribution in [2.45, 2.75) is 13.0 Å². The molecule has 2 heterocycles. The van der Waals surface area contributed by atoms with Crippen molar-refractivity contribution in [3.05, 3.63) is 52.7 Å². The molecule has 2 aromatic rings. The van der Waals surface area contributed by atoms with E-state index < -0.39 is 11.8 Å². The van der Waals surface area contributed by atoms with Crippen LogP contribution in [0.5, 0.6) is 0 Å². The number of carbonyl (C=O) groups excluding carboxylic acids is 1. The Morgan fingerprint density at radius 2 is 2.11 bits per heavy atom. The summed E-state index contributed by atoms with van der Waals surface area (Å²) in [6.45, 7) is 3.84. The molecule has 0 radical (unpaired) electrons. The third-order valence-corrected chi connectivity index (χ3v) is 5.12. The van der Waals surface area contributed by atoms with E-state index in [4.69, 9.17) is 28.2 Å². The first kappa shape index (κ1) is 20.6. The van der Waals surface area contributed by atoms with Crippen LogP contribution < -0.4 is 5.32 Å². The van der Waals surface area contributed by atoms with Gasteiger partial charge in [0.2, 0.25) is 5.76 Å². The summed E-state index contributed by atoms with van der Waals surface area (Å²) < 4.78 is 23.5. The predicted octanol–water partition coefficient (Wildman–Crippen LogP) is 3.76. The first-order valence-corrected chi connectivity index (χ1v) is 9.65. The van der Waals surface area contributed by atoms with Gasteiger partial charge in [-0.1, -0.05) is 11.6 Å². The second kappa shape index (κ2) is 9.36. The molecule has 3 rings (SSSR count). The van der Waals surface area contributed by atoms with Crippen molar-refractivity contribution in [1.29, 1.82) is 0 Å². The predicted molar refractivity (Wildman–Crippen MR) is 109 cm³/mol. The maximum Gasteiger partial charge on any atom is 0.373 e. The molecule has 9 heteroatoms. The standard InChI is InChI=1S/C19H21ClFN3O3S/c1-26-18(25)17-6-4-14(27-17)12-23-7-2-8-24(10-9-23)19(28)22-13-3-5-16(21)15(20)11-13/h3-6,11H,2,7-10,12H2,1H3,(H,22,28). The zero-order valence-corrected chi connectivity index (χ0v) is 17.0. The van der Waals surface area contributed by atoms with Gasteiger partial charge in [-0.2, -0.15) is 0 Å². The number of carbonyl (C=O) groups is 1. The summed E-state index contributed by atoms with van der Waals surface area (Å²) in [6, 6.07) is 7.84. The van der Waals surface area contributed by atoms with Gasteiger partial charge < -0.3 is 19.4 Å². The Bertz CT molecular complexity index is 861. The lowest BCUT2D eigenvalue weighted by molar-refractivity contribution is 0.0561. The van der Waals surface area contributed by atoms with Gasteiger partial charge in [-0.15, -0.1) is 0 Å². The number of anilines is 1. The molecule has 1 fully saturated rings. The van der Waals surface area contributed by atoms with Gasteiger partial charge in [0.1, 0.15) is 11.6 Å². The number of thiocarbonyl (C=S) groups is 1. The number of hydrogen-bond acceptors (Lipinski definition) is 5. The minimum Gasteiger partial charge on any atom is -0.463 e. The molecule has 0 saturated carbocycles. The van der Waals surface area contributed by atoms with Crippen LogP contribution in [0.4, 0.5) is 10.1 Å². The number of nitrogens with zero attached hydrogens (tertiary/aromatic N) is 2. The molecule has 0 unspecified atom stereocenters. The highest BCUT2D eigenvalue weighted by Gasteiger charge is 2.19. The van der Waals surface area contributed by atoms with Crippen molar-refractivity contribution in [2.75, 3.05) is 38.6 Å². The minimum absolute atomic E-state index is 0.0552. The molecule has 6 nitrogen and oxygen atoms in total. The van der Waals surface area contributed by atoms with E-state index in [1.54, 1.807) is 18.2 Å². The van der Waals surface area contributed by atoms with E-state index in [0.717, 1.165) is 38.4 Å². The Hall–Kier alpha value is -2.16. The largest absolute Gasteiger partial charge is 0.463 e. The third kappa shape index (κ3) is 5.21. The van der Waals surface area contributed by atoms with Gasteiger partial charge in [0.25, 0.3) is 0 Å². The maximum atomic E-state index is 13.3. The molecule has 0 aliphatic carbocycles. The molecule has 1 aromatic heterocycles. The van der Waals surface area contributed by atoms with Crippen LogP contribution in [0.25, 0.3) is 0 Å². The normalized spacial score (nSPS) is 15.2. The topological polar surface area (TPSA) is 58.0 Å². The van der Waals surface area contributed by atoms with Crippen molar-refractivity contribution < 1.29 is 18.3 Å². The van der Waals surface area contributed by atoms with Crippen molar-refractivity contribution in [1.82, 2.24) is 9.80 Å². The fraction of sp³-hybridized carbons (Fsp3) is 0.368. The van der Waals surface area contributed by atoms with E-state index in [2.05, 4.69) is 19.9 Å². The molecule has 1 aliphatic rings.